The number of ether oxygens (including phenoxy) is 1. The molecule has 0 saturated carbocycles. The first-order valence-electron chi connectivity index (χ1n) is 9.06. The Morgan fingerprint density at radius 1 is 1.04 bits per heavy atom. The van der Waals surface area contributed by atoms with Crippen molar-refractivity contribution in [2.45, 2.75) is 0 Å². The molecule has 1 amide bonds. The van der Waals surface area contributed by atoms with E-state index < -0.39 is 0 Å². The molecule has 0 spiro atoms. The highest BCUT2D eigenvalue weighted by Crippen LogP contribution is 2.24. The van der Waals surface area contributed by atoms with E-state index in [1.807, 2.05) is 61.5 Å². The summed E-state index contributed by atoms with van der Waals surface area (Å²) in [6.07, 6.45) is 3.42. The van der Waals surface area contributed by atoms with Gasteiger partial charge in [0.05, 0.1) is 30.9 Å². The van der Waals surface area contributed by atoms with Crippen molar-refractivity contribution >= 4 is 5.91 Å². The van der Waals surface area contributed by atoms with Crippen LogP contribution in [0.5, 0.6) is 5.75 Å². The number of likely N-dealkylation sites (N-methyl/N-ethyl adjacent to an activating group) is 1. The fourth-order valence-corrected chi connectivity index (χ4v) is 2.74. The molecular formula is C22H24N4O2. The van der Waals surface area contributed by atoms with Gasteiger partial charge in [-0.25, -0.2) is 4.98 Å². The number of nitrogens with one attached hydrogen (secondary N) is 1. The van der Waals surface area contributed by atoms with E-state index in [1.165, 1.54) is 0 Å². The van der Waals surface area contributed by atoms with Crippen molar-refractivity contribution in [1.82, 2.24) is 20.2 Å². The number of carbonyl (C=O) groups is 1. The Bertz CT molecular complexity index is 957. The Kier molecular flexibility index (Phi) is 6.34. The molecule has 1 aromatic heterocycles. The summed E-state index contributed by atoms with van der Waals surface area (Å²) >= 11 is 0. The third-order valence-corrected chi connectivity index (χ3v) is 4.27. The zero-order valence-electron chi connectivity index (χ0n) is 16.3. The second-order valence-corrected chi connectivity index (χ2v) is 6.66. The molecule has 0 aliphatic carbocycles. The topological polar surface area (TPSA) is 67.3 Å². The van der Waals surface area contributed by atoms with E-state index in [2.05, 4.69) is 10.3 Å². The van der Waals surface area contributed by atoms with Gasteiger partial charge < -0.3 is 15.0 Å². The van der Waals surface area contributed by atoms with Crippen LogP contribution >= 0.6 is 0 Å². The maximum Gasteiger partial charge on any atom is 0.251 e. The van der Waals surface area contributed by atoms with Crippen molar-refractivity contribution in [3.63, 3.8) is 0 Å². The zero-order chi connectivity index (χ0) is 19.9. The minimum atomic E-state index is -0.0967. The first-order valence-corrected chi connectivity index (χ1v) is 9.06. The molecule has 0 aliphatic rings. The summed E-state index contributed by atoms with van der Waals surface area (Å²) in [6, 6.07) is 15.1. The highest BCUT2D eigenvalue weighted by atomic mass is 16.5. The summed E-state index contributed by atoms with van der Waals surface area (Å²) in [5.41, 5.74) is 3.83. The predicted molar refractivity (Wildman–Crippen MR) is 110 cm³/mol. The van der Waals surface area contributed by atoms with Crippen LogP contribution in [0.3, 0.4) is 0 Å². The van der Waals surface area contributed by atoms with Crippen LogP contribution in [0.4, 0.5) is 0 Å². The molecule has 28 heavy (non-hydrogen) atoms. The van der Waals surface area contributed by atoms with Gasteiger partial charge in [0.1, 0.15) is 5.75 Å². The SMILES string of the molecule is COc1cccc(-c2cncc(-c3cccc(C(=O)NCCN(C)C)c3)n2)c1. The lowest BCUT2D eigenvalue weighted by Crippen LogP contribution is -2.31. The van der Waals surface area contributed by atoms with Crippen LogP contribution in [0.15, 0.2) is 60.9 Å². The molecule has 2 aromatic carbocycles. The first kappa shape index (κ1) is 19.5. The third kappa shape index (κ3) is 4.92. The van der Waals surface area contributed by atoms with E-state index in [9.17, 15) is 4.79 Å². The molecule has 1 heterocycles. The molecule has 0 unspecified atom stereocenters. The van der Waals surface area contributed by atoms with Crippen molar-refractivity contribution < 1.29 is 9.53 Å². The van der Waals surface area contributed by atoms with Gasteiger partial charge in [0.15, 0.2) is 0 Å². The maximum atomic E-state index is 12.4. The van der Waals surface area contributed by atoms with E-state index in [0.717, 1.165) is 29.1 Å². The maximum absolute atomic E-state index is 12.4. The monoisotopic (exact) mass is 376 g/mol. The molecule has 0 bridgehead atoms. The fourth-order valence-electron chi connectivity index (χ4n) is 2.74. The molecular weight excluding hydrogens is 352 g/mol. The normalized spacial score (nSPS) is 10.7. The largest absolute Gasteiger partial charge is 0.497 e. The number of hydrogen-bond acceptors (Lipinski definition) is 5. The highest BCUT2D eigenvalue weighted by Gasteiger charge is 2.09. The first-order chi connectivity index (χ1) is 13.6. The van der Waals surface area contributed by atoms with Crippen molar-refractivity contribution in [2.75, 3.05) is 34.3 Å². The number of amides is 1. The molecule has 6 heteroatoms. The number of nitrogens with zero attached hydrogens (tertiary/aromatic N) is 3. The summed E-state index contributed by atoms with van der Waals surface area (Å²) < 4.78 is 5.28. The summed E-state index contributed by atoms with van der Waals surface area (Å²) in [5, 5.41) is 2.93. The Morgan fingerprint density at radius 2 is 1.71 bits per heavy atom. The summed E-state index contributed by atoms with van der Waals surface area (Å²) in [5.74, 6) is 0.668. The molecule has 3 rings (SSSR count). The molecule has 3 aromatic rings. The Balaban J connectivity index is 1.83. The van der Waals surface area contributed by atoms with Gasteiger partial charge >= 0.3 is 0 Å². The van der Waals surface area contributed by atoms with Crippen LogP contribution in [0.25, 0.3) is 22.5 Å². The minimum absolute atomic E-state index is 0.0967. The molecule has 0 radical (unpaired) electrons. The molecule has 0 fully saturated rings. The Labute approximate surface area is 165 Å². The van der Waals surface area contributed by atoms with Gasteiger partial charge in [0.2, 0.25) is 0 Å². The molecule has 0 aliphatic heterocycles. The van der Waals surface area contributed by atoms with E-state index in [-0.39, 0.29) is 5.91 Å². The molecule has 0 saturated heterocycles. The Hall–Kier alpha value is -3.25. The van der Waals surface area contributed by atoms with Crippen LogP contribution in [-0.2, 0) is 0 Å². The van der Waals surface area contributed by atoms with Crippen LogP contribution in [0, 0.1) is 0 Å². The number of methoxy groups -OCH3 is 1. The average molecular weight is 376 g/mol. The number of rotatable bonds is 7. The number of aromatic nitrogens is 2. The summed E-state index contributed by atoms with van der Waals surface area (Å²) in [4.78, 5) is 23.5. The van der Waals surface area contributed by atoms with Crippen molar-refractivity contribution in [3.8, 4) is 28.3 Å². The van der Waals surface area contributed by atoms with Gasteiger partial charge in [0, 0.05) is 29.8 Å². The minimum Gasteiger partial charge on any atom is -0.497 e. The van der Waals surface area contributed by atoms with Crippen LogP contribution < -0.4 is 10.1 Å². The van der Waals surface area contributed by atoms with E-state index in [1.54, 1.807) is 25.6 Å². The van der Waals surface area contributed by atoms with Crippen molar-refractivity contribution in [3.05, 3.63) is 66.5 Å². The average Bonchev–Trinajstić information content (AvgIpc) is 2.73. The Morgan fingerprint density at radius 3 is 2.39 bits per heavy atom. The van der Waals surface area contributed by atoms with Gasteiger partial charge in [0.25, 0.3) is 5.91 Å². The van der Waals surface area contributed by atoms with Crippen LogP contribution in [0.1, 0.15) is 10.4 Å². The van der Waals surface area contributed by atoms with Crippen LogP contribution in [0.2, 0.25) is 0 Å². The summed E-state index contributed by atoms with van der Waals surface area (Å²) in [7, 11) is 5.58. The van der Waals surface area contributed by atoms with Gasteiger partial charge in [-0.1, -0.05) is 24.3 Å². The van der Waals surface area contributed by atoms with Gasteiger partial charge in [-0.15, -0.1) is 0 Å². The van der Waals surface area contributed by atoms with E-state index >= 15 is 0 Å². The number of hydrogen-bond donors (Lipinski definition) is 1. The standard InChI is InChI=1S/C22H24N4O2/c1-26(2)11-10-24-22(27)18-8-4-6-16(12-18)20-14-23-15-21(25-20)17-7-5-9-19(13-17)28-3/h4-9,12-15H,10-11H2,1-3H3,(H,24,27). The lowest BCUT2D eigenvalue weighted by molar-refractivity contribution is 0.0951. The van der Waals surface area contributed by atoms with Gasteiger partial charge in [-0.05, 0) is 38.4 Å². The lowest BCUT2D eigenvalue weighted by atomic mass is 10.1. The molecule has 1 N–H and O–H groups in total. The molecule has 0 atom stereocenters. The van der Waals surface area contributed by atoms with Crippen molar-refractivity contribution in [1.29, 1.82) is 0 Å². The molecule has 144 valence electrons. The lowest BCUT2D eigenvalue weighted by Gasteiger charge is -2.11. The third-order valence-electron chi connectivity index (χ3n) is 4.27. The highest BCUT2D eigenvalue weighted by molar-refractivity contribution is 5.95. The van der Waals surface area contributed by atoms with E-state index in [0.29, 0.717) is 17.8 Å². The summed E-state index contributed by atoms with van der Waals surface area (Å²) in [6.45, 7) is 1.39. The van der Waals surface area contributed by atoms with Gasteiger partial charge in [-0.3, -0.25) is 9.78 Å². The van der Waals surface area contributed by atoms with Gasteiger partial charge in [-0.2, -0.15) is 0 Å². The van der Waals surface area contributed by atoms with Crippen molar-refractivity contribution in [2.24, 2.45) is 0 Å². The quantitative estimate of drug-likeness (QED) is 0.686. The van der Waals surface area contributed by atoms with E-state index in [4.69, 9.17) is 9.72 Å². The van der Waals surface area contributed by atoms with Crippen LogP contribution in [-0.4, -0.2) is 55.1 Å². The second-order valence-electron chi connectivity index (χ2n) is 6.66. The fraction of sp³-hybridized carbons (Fsp3) is 0.227. The second kappa shape index (κ2) is 9.10. The number of carbonyl (C=O) groups excluding carboxylic acids is 1. The molecule has 6 nitrogen and oxygen atoms in total. The zero-order valence-corrected chi connectivity index (χ0v) is 16.3. The predicted octanol–water partition coefficient (Wildman–Crippen LogP) is 3.11. The number of benzene rings is 2. The smallest absolute Gasteiger partial charge is 0.251 e.